The van der Waals surface area contributed by atoms with Crippen LogP contribution in [0.25, 0.3) is 10.9 Å². The van der Waals surface area contributed by atoms with Gasteiger partial charge in [-0.05, 0) is 74.4 Å². The van der Waals surface area contributed by atoms with Crippen LogP contribution in [-0.2, 0) is 6.42 Å². The summed E-state index contributed by atoms with van der Waals surface area (Å²) in [5.74, 6) is 6.47. The van der Waals surface area contributed by atoms with Crippen LogP contribution in [0, 0.1) is 11.8 Å². The van der Waals surface area contributed by atoms with E-state index in [1.807, 2.05) is 50.4 Å². The summed E-state index contributed by atoms with van der Waals surface area (Å²) in [6, 6.07) is 19.8. The zero-order valence-electron chi connectivity index (χ0n) is 22.6. The Hall–Kier alpha value is -4.13. The van der Waals surface area contributed by atoms with Gasteiger partial charge in [-0.2, -0.15) is 0 Å². The lowest BCUT2D eigenvalue weighted by molar-refractivity contribution is 0.0944. The predicted octanol–water partition coefficient (Wildman–Crippen LogP) is 3.26. The van der Waals surface area contributed by atoms with E-state index in [0.717, 1.165) is 22.0 Å². The Bertz CT molecular complexity index is 1480. The van der Waals surface area contributed by atoms with Gasteiger partial charge in [0.1, 0.15) is 12.0 Å². The van der Waals surface area contributed by atoms with Crippen LogP contribution in [-0.4, -0.2) is 58.1 Å². The zero-order chi connectivity index (χ0) is 28.5. The maximum Gasteiger partial charge on any atom is 0.251 e. The Morgan fingerprint density at radius 3 is 2.45 bits per heavy atom. The summed E-state index contributed by atoms with van der Waals surface area (Å²) in [6.45, 7) is 3.75. The van der Waals surface area contributed by atoms with Crippen LogP contribution in [0.1, 0.15) is 52.7 Å². The number of fused-ring (bicyclic) bond motifs is 1. The number of hydrogen-bond acceptors (Lipinski definition) is 6. The highest BCUT2D eigenvalue weighted by Gasteiger charge is 2.20. The lowest BCUT2D eigenvalue weighted by atomic mass is 10.0. The van der Waals surface area contributed by atoms with Gasteiger partial charge in [0.25, 0.3) is 5.91 Å². The number of carbonyl (C=O) groups excluding carboxylic acids is 1. The molecule has 208 valence electrons. The molecule has 1 heterocycles. The number of aromatic nitrogens is 1. The topological polar surface area (TPSA) is 127 Å². The van der Waals surface area contributed by atoms with E-state index < -0.39 is 12.3 Å². The zero-order valence-corrected chi connectivity index (χ0v) is 22.6. The number of rotatable bonds is 11. The number of carbonyl (C=O) groups is 1. The molecule has 0 radical (unpaired) electrons. The maximum atomic E-state index is 12.0. The van der Waals surface area contributed by atoms with Crippen molar-refractivity contribution in [2.45, 2.75) is 38.6 Å². The Labute approximate surface area is 234 Å². The largest absolute Gasteiger partial charge is 0.491 e. The average Bonchev–Trinajstić information content (AvgIpc) is 3.37. The van der Waals surface area contributed by atoms with Crippen molar-refractivity contribution in [2.24, 2.45) is 0 Å². The lowest BCUT2D eigenvalue weighted by Gasteiger charge is -2.24. The second-order valence-corrected chi connectivity index (χ2v) is 9.74. The Balaban J connectivity index is 1.52. The normalized spacial score (nSPS) is 12.6. The number of ether oxygens (including phenoxy) is 1. The molecule has 8 heteroatoms. The molecule has 0 aliphatic heterocycles. The van der Waals surface area contributed by atoms with Crippen molar-refractivity contribution in [1.29, 1.82) is 0 Å². The summed E-state index contributed by atoms with van der Waals surface area (Å²) in [5.41, 5.74) is 4.47. The van der Waals surface area contributed by atoms with E-state index in [0.29, 0.717) is 28.9 Å². The summed E-state index contributed by atoms with van der Waals surface area (Å²) in [4.78, 5) is 15.3. The molecule has 4 aromatic rings. The smallest absolute Gasteiger partial charge is 0.251 e. The molecule has 6 N–H and O–H groups in total. The highest BCUT2D eigenvalue weighted by atomic mass is 16.5. The van der Waals surface area contributed by atoms with E-state index in [4.69, 9.17) is 9.84 Å². The van der Waals surface area contributed by atoms with Gasteiger partial charge in [-0.15, -0.1) is 0 Å². The quantitative estimate of drug-likeness (QED) is 0.128. The number of aromatic amines is 1. The Morgan fingerprint density at radius 2 is 1.73 bits per heavy atom. The lowest BCUT2D eigenvalue weighted by Crippen LogP contribution is -2.37. The van der Waals surface area contributed by atoms with Crippen LogP contribution in [0.4, 0.5) is 0 Å². The van der Waals surface area contributed by atoms with Crippen LogP contribution >= 0.6 is 0 Å². The third-order valence-corrected chi connectivity index (χ3v) is 6.32. The number of hydrogen-bond donors (Lipinski definition) is 6. The van der Waals surface area contributed by atoms with Crippen LogP contribution in [0.15, 0.2) is 72.9 Å². The third kappa shape index (κ3) is 7.50. The predicted molar refractivity (Wildman–Crippen MR) is 155 cm³/mol. The van der Waals surface area contributed by atoms with Gasteiger partial charge in [-0.25, -0.2) is 0 Å². The number of nitrogens with one attached hydrogen (secondary N) is 3. The van der Waals surface area contributed by atoms with Crippen molar-refractivity contribution >= 4 is 16.8 Å². The minimum Gasteiger partial charge on any atom is -0.491 e. The number of benzene rings is 3. The van der Waals surface area contributed by atoms with E-state index in [1.54, 1.807) is 36.4 Å². The van der Waals surface area contributed by atoms with Gasteiger partial charge in [-0.3, -0.25) is 10.1 Å². The molecule has 3 aromatic carbocycles. The highest BCUT2D eigenvalue weighted by molar-refractivity contribution is 5.94. The van der Waals surface area contributed by atoms with Gasteiger partial charge in [0.05, 0.1) is 19.3 Å². The summed E-state index contributed by atoms with van der Waals surface area (Å²) >= 11 is 0. The first-order valence-corrected chi connectivity index (χ1v) is 13.3. The van der Waals surface area contributed by atoms with Crippen molar-refractivity contribution < 1.29 is 24.9 Å². The second kappa shape index (κ2) is 13.8. The van der Waals surface area contributed by atoms with E-state index in [9.17, 15) is 15.0 Å². The van der Waals surface area contributed by atoms with E-state index in [2.05, 4.69) is 27.5 Å². The van der Waals surface area contributed by atoms with Crippen molar-refractivity contribution in [3.05, 3.63) is 101 Å². The second-order valence-electron chi connectivity index (χ2n) is 9.74. The minimum absolute atomic E-state index is 0.101. The summed E-state index contributed by atoms with van der Waals surface area (Å²) < 4.78 is 5.96. The number of H-pyrrole nitrogens is 1. The molecule has 4 rings (SSSR count). The van der Waals surface area contributed by atoms with Crippen LogP contribution in [0.5, 0.6) is 5.75 Å². The highest BCUT2D eigenvalue weighted by Crippen LogP contribution is 2.27. The standard InChI is InChI=1S/C32H35N3O5/c1-21(2)40-30-14-11-23(8-7-22-9-12-24(13-10-22)31(38)33-15-16-36)17-28(30)32(39)35-26(20-37)18-25-19-34-29-6-4-3-5-27(25)29/h3-6,9-14,17,19,21,26,32,34-37,39H,15-16,18,20H2,1-2H3,(H,33,38)/t26-,32?/m1/s1. The molecular weight excluding hydrogens is 506 g/mol. The molecule has 2 atom stereocenters. The fourth-order valence-corrected chi connectivity index (χ4v) is 4.38. The van der Waals surface area contributed by atoms with Crippen molar-refractivity contribution in [1.82, 2.24) is 15.6 Å². The molecule has 1 unspecified atom stereocenters. The SMILES string of the molecule is CC(C)Oc1ccc(C#Cc2ccc(C(=O)NCCO)cc2)cc1C(O)N[C@@H](CO)Cc1c[nH]c2ccccc12. The number of aliphatic hydroxyl groups is 3. The number of amides is 1. The summed E-state index contributed by atoms with van der Waals surface area (Å²) in [5, 5.41) is 37.0. The average molecular weight is 542 g/mol. The molecule has 40 heavy (non-hydrogen) atoms. The van der Waals surface area contributed by atoms with Crippen LogP contribution in [0.3, 0.4) is 0 Å². The first-order valence-electron chi connectivity index (χ1n) is 13.3. The molecule has 0 saturated carbocycles. The summed E-state index contributed by atoms with van der Waals surface area (Å²) in [7, 11) is 0. The first kappa shape index (κ1) is 28.9. The molecule has 0 saturated heterocycles. The third-order valence-electron chi connectivity index (χ3n) is 6.32. The molecule has 1 amide bonds. The van der Waals surface area contributed by atoms with Gasteiger partial charge in [0.2, 0.25) is 0 Å². The van der Waals surface area contributed by atoms with Crippen LogP contribution in [0.2, 0.25) is 0 Å². The van der Waals surface area contributed by atoms with Gasteiger partial charge in [0, 0.05) is 51.9 Å². The van der Waals surface area contributed by atoms with Crippen molar-refractivity contribution in [3.8, 4) is 17.6 Å². The van der Waals surface area contributed by atoms with Crippen molar-refractivity contribution in [3.63, 3.8) is 0 Å². The number of para-hydroxylation sites is 1. The molecule has 0 bridgehead atoms. The molecule has 0 aliphatic rings. The minimum atomic E-state index is -1.10. The van der Waals surface area contributed by atoms with E-state index in [-0.39, 0.29) is 31.8 Å². The monoisotopic (exact) mass is 541 g/mol. The van der Waals surface area contributed by atoms with Crippen LogP contribution < -0.4 is 15.4 Å². The Morgan fingerprint density at radius 1 is 1.00 bits per heavy atom. The van der Waals surface area contributed by atoms with E-state index >= 15 is 0 Å². The Kier molecular flexibility index (Phi) is 9.95. The van der Waals surface area contributed by atoms with Gasteiger partial charge < -0.3 is 30.4 Å². The molecular formula is C32H35N3O5. The fourth-order valence-electron chi connectivity index (χ4n) is 4.38. The van der Waals surface area contributed by atoms with Gasteiger partial charge in [-0.1, -0.05) is 30.0 Å². The van der Waals surface area contributed by atoms with Gasteiger partial charge in [0.15, 0.2) is 0 Å². The fraction of sp³-hybridized carbons (Fsp3) is 0.281. The van der Waals surface area contributed by atoms with Gasteiger partial charge >= 0.3 is 0 Å². The maximum absolute atomic E-state index is 12.0. The molecule has 1 aromatic heterocycles. The number of aliphatic hydroxyl groups excluding tert-OH is 3. The molecule has 0 spiro atoms. The van der Waals surface area contributed by atoms with Crippen molar-refractivity contribution in [2.75, 3.05) is 19.8 Å². The van der Waals surface area contributed by atoms with E-state index in [1.165, 1.54) is 0 Å². The summed E-state index contributed by atoms with van der Waals surface area (Å²) in [6.07, 6.45) is 1.25. The molecule has 0 fully saturated rings. The molecule has 0 aliphatic carbocycles. The molecule has 8 nitrogen and oxygen atoms in total. The first-order chi connectivity index (χ1) is 19.4.